The zero-order valence-corrected chi connectivity index (χ0v) is 19.5. The number of benzene rings is 1. The number of ether oxygens (including phenoxy) is 3. The normalized spacial score (nSPS) is 23.8. The highest BCUT2D eigenvalue weighted by Gasteiger charge is 2.47. The maximum absolute atomic E-state index is 13.7. The highest BCUT2D eigenvalue weighted by atomic mass is 16.5. The number of esters is 2. The van der Waals surface area contributed by atoms with Gasteiger partial charge >= 0.3 is 11.9 Å². The number of nitrogens with one attached hydrogen (secondary N) is 1. The highest BCUT2D eigenvalue weighted by molar-refractivity contribution is 6.12. The molecule has 4 atom stereocenters. The van der Waals surface area contributed by atoms with Gasteiger partial charge in [0.2, 0.25) is 0 Å². The molecule has 0 saturated heterocycles. The van der Waals surface area contributed by atoms with Crippen LogP contribution >= 0.6 is 0 Å². The maximum atomic E-state index is 13.7. The maximum Gasteiger partial charge on any atom is 0.337 e. The molecule has 0 unspecified atom stereocenters. The second-order valence-corrected chi connectivity index (χ2v) is 8.40. The Kier molecular flexibility index (Phi) is 7.06. The lowest BCUT2D eigenvalue weighted by Gasteiger charge is -2.38. The van der Waals surface area contributed by atoms with Gasteiger partial charge in [-0.15, -0.1) is 0 Å². The number of carbonyl (C=O) groups is 3. The van der Waals surface area contributed by atoms with Gasteiger partial charge in [0.1, 0.15) is 11.7 Å². The molecule has 0 radical (unpaired) electrons. The van der Waals surface area contributed by atoms with E-state index in [2.05, 4.69) is 5.32 Å². The lowest BCUT2D eigenvalue weighted by molar-refractivity contribution is -0.151. The van der Waals surface area contributed by atoms with E-state index < -0.39 is 23.8 Å². The first-order valence-electron chi connectivity index (χ1n) is 10.9. The third-order valence-electron chi connectivity index (χ3n) is 6.30. The molecule has 1 aliphatic heterocycles. The quantitative estimate of drug-likeness (QED) is 0.532. The molecule has 0 fully saturated rings. The second-order valence-electron chi connectivity index (χ2n) is 8.40. The molecule has 32 heavy (non-hydrogen) atoms. The number of hydrogen-bond acceptors (Lipinski definition) is 7. The minimum absolute atomic E-state index is 0.235. The Hall–Kier alpha value is -3.09. The molecule has 2 aliphatic rings. The van der Waals surface area contributed by atoms with Crippen molar-refractivity contribution in [3.05, 3.63) is 52.4 Å². The molecular weight excluding hydrogens is 410 g/mol. The van der Waals surface area contributed by atoms with Crippen molar-refractivity contribution in [1.82, 2.24) is 5.32 Å². The lowest BCUT2D eigenvalue weighted by Crippen LogP contribution is -2.43. The van der Waals surface area contributed by atoms with Gasteiger partial charge in [-0.25, -0.2) is 4.79 Å². The monoisotopic (exact) mass is 441 g/mol. The van der Waals surface area contributed by atoms with Gasteiger partial charge in [0.25, 0.3) is 0 Å². The van der Waals surface area contributed by atoms with Gasteiger partial charge in [0.05, 0.1) is 31.8 Å². The first-order chi connectivity index (χ1) is 15.2. The number of ketones is 1. The van der Waals surface area contributed by atoms with Crippen LogP contribution < -0.4 is 10.1 Å². The van der Waals surface area contributed by atoms with Crippen LogP contribution in [0, 0.1) is 11.8 Å². The fourth-order valence-electron chi connectivity index (χ4n) is 4.50. The van der Waals surface area contributed by atoms with Gasteiger partial charge in [-0.3, -0.25) is 9.59 Å². The molecule has 0 bridgehead atoms. The summed E-state index contributed by atoms with van der Waals surface area (Å²) < 4.78 is 16.2. The number of hydrogen-bond donors (Lipinski definition) is 1. The van der Waals surface area contributed by atoms with Crippen molar-refractivity contribution in [2.75, 3.05) is 14.2 Å². The molecule has 7 nitrogen and oxygen atoms in total. The number of carbonyl (C=O) groups excluding carboxylic acids is 3. The summed E-state index contributed by atoms with van der Waals surface area (Å²) >= 11 is 0. The van der Waals surface area contributed by atoms with Crippen molar-refractivity contribution in [3.8, 4) is 5.75 Å². The molecule has 172 valence electrons. The summed E-state index contributed by atoms with van der Waals surface area (Å²) in [6.45, 7) is 7.42. The third-order valence-corrected chi connectivity index (χ3v) is 6.30. The third kappa shape index (κ3) is 4.16. The van der Waals surface area contributed by atoms with Crippen molar-refractivity contribution in [2.45, 2.75) is 52.6 Å². The Bertz CT molecular complexity index is 992. The van der Waals surface area contributed by atoms with Crippen molar-refractivity contribution in [2.24, 2.45) is 11.8 Å². The molecule has 0 aromatic heterocycles. The molecule has 0 saturated carbocycles. The predicted octanol–water partition coefficient (Wildman–Crippen LogP) is 3.65. The molecule has 1 aromatic rings. The van der Waals surface area contributed by atoms with Crippen LogP contribution in [0.5, 0.6) is 5.75 Å². The van der Waals surface area contributed by atoms with E-state index in [1.807, 2.05) is 39.0 Å². The largest absolute Gasteiger partial charge is 0.496 e. The van der Waals surface area contributed by atoms with Crippen LogP contribution in [0.4, 0.5) is 0 Å². The van der Waals surface area contributed by atoms with Crippen LogP contribution in [0.25, 0.3) is 0 Å². The number of para-hydroxylation sites is 1. The fourth-order valence-corrected chi connectivity index (χ4v) is 4.50. The van der Waals surface area contributed by atoms with Crippen molar-refractivity contribution < 1.29 is 28.6 Å². The molecule has 1 aliphatic carbocycles. The fraction of sp³-hybridized carbons (Fsp3) is 0.480. The van der Waals surface area contributed by atoms with E-state index >= 15 is 0 Å². The highest BCUT2D eigenvalue weighted by Crippen LogP contribution is 2.47. The molecule has 0 amide bonds. The zero-order valence-electron chi connectivity index (χ0n) is 19.5. The van der Waals surface area contributed by atoms with Gasteiger partial charge in [0, 0.05) is 22.5 Å². The van der Waals surface area contributed by atoms with Gasteiger partial charge in [-0.05, 0) is 38.7 Å². The number of Topliss-reactive ketones (excluding diaryl/α,β-unsaturated/α-hetero) is 1. The molecule has 7 heteroatoms. The summed E-state index contributed by atoms with van der Waals surface area (Å²) in [6, 6.07) is 7.29. The van der Waals surface area contributed by atoms with Crippen LogP contribution in [-0.4, -0.2) is 38.0 Å². The summed E-state index contributed by atoms with van der Waals surface area (Å²) in [6.07, 6.45) is 0.873. The first-order valence-corrected chi connectivity index (χ1v) is 10.9. The van der Waals surface area contributed by atoms with Gasteiger partial charge in [-0.1, -0.05) is 32.0 Å². The molecular formula is C25H31NO6. The van der Waals surface area contributed by atoms with Crippen LogP contribution in [0.15, 0.2) is 46.8 Å². The molecule has 0 spiro atoms. The number of methoxy groups -OCH3 is 2. The average molecular weight is 442 g/mol. The smallest absolute Gasteiger partial charge is 0.337 e. The van der Waals surface area contributed by atoms with Crippen LogP contribution in [0.3, 0.4) is 0 Å². The van der Waals surface area contributed by atoms with Gasteiger partial charge in [0.15, 0.2) is 5.78 Å². The van der Waals surface area contributed by atoms with E-state index in [9.17, 15) is 14.4 Å². The summed E-state index contributed by atoms with van der Waals surface area (Å²) in [5, 5.41) is 3.26. The van der Waals surface area contributed by atoms with Crippen LogP contribution in [-0.2, 0) is 23.9 Å². The first kappa shape index (κ1) is 23.6. The Labute approximate surface area is 188 Å². The predicted molar refractivity (Wildman–Crippen MR) is 119 cm³/mol. The summed E-state index contributed by atoms with van der Waals surface area (Å²) in [4.78, 5) is 39.5. The van der Waals surface area contributed by atoms with E-state index in [1.165, 1.54) is 7.11 Å². The number of allylic oxidation sites excluding steroid dienone is 3. The Morgan fingerprint density at radius 1 is 1.22 bits per heavy atom. The summed E-state index contributed by atoms with van der Waals surface area (Å²) in [5.74, 6) is -2.73. The van der Waals surface area contributed by atoms with Crippen molar-refractivity contribution in [3.63, 3.8) is 0 Å². The minimum atomic E-state index is -0.928. The van der Waals surface area contributed by atoms with E-state index in [-0.39, 0.29) is 17.8 Å². The SMILES string of the molecule is CC[C@H](C)OC(=O)C1=C(C)NC2=C(C(=O)[C@H](C(=O)OC)[C@@H](C)C2)[C@H]1c1ccccc1OC. The number of rotatable bonds is 6. The lowest BCUT2D eigenvalue weighted by atomic mass is 9.69. The van der Waals surface area contributed by atoms with Crippen molar-refractivity contribution in [1.29, 1.82) is 0 Å². The van der Waals surface area contributed by atoms with Crippen molar-refractivity contribution >= 4 is 17.7 Å². The summed E-state index contributed by atoms with van der Waals surface area (Å²) in [7, 11) is 2.83. The minimum Gasteiger partial charge on any atom is -0.496 e. The van der Waals surface area contributed by atoms with E-state index in [0.717, 1.165) is 5.70 Å². The molecule has 1 N–H and O–H groups in total. The van der Waals surface area contributed by atoms with Crippen LogP contribution in [0.2, 0.25) is 0 Å². The van der Waals surface area contributed by atoms with Gasteiger partial charge in [-0.2, -0.15) is 0 Å². The standard InChI is InChI=1S/C25H31NO6/c1-7-14(3)32-25(29)20-15(4)26-17-12-13(2)19(24(28)31-6)23(27)22(17)21(20)16-10-8-9-11-18(16)30-5/h8-11,13-14,19,21,26H,7,12H2,1-6H3/t13-,14-,19+,21-/m0/s1. The zero-order chi connectivity index (χ0) is 23.6. The Morgan fingerprint density at radius 2 is 1.91 bits per heavy atom. The van der Waals surface area contributed by atoms with E-state index in [0.29, 0.717) is 41.0 Å². The Morgan fingerprint density at radius 3 is 2.53 bits per heavy atom. The molecule has 1 heterocycles. The van der Waals surface area contributed by atoms with Gasteiger partial charge < -0.3 is 19.5 Å². The average Bonchev–Trinajstić information content (AvgIpc) is 2.77. The van der Waals surface area contributed by atoms with E-state index in [4.69, 9.17) is 14.2 Å². The number of dihydropyridines is 1. The second kappa shape index (κ2) is 9.59. The molecule has 3 rings (SSSR count). The van der Waals surface area contributed by atoms with E-state index in [1.54, 1.807) is 20.1 Å². The van der Waals surface area contributed by atoms with Crippen LogP contribution in [0.1, 0.15) is 52.0 Å². The molecule has 1 aromatic carbocycles. The summed E-state index contributed by atoms with van der Waals surface area (Å²) in [5.41, 5.74) is 2.76. The Balaban J connectivity index is 2.21. The topological polar surface area (TPSA) is 90.9 Å².